The maximum absolute atomic E-state index is 13.9. The van der Waals surface area contributed by atoms with E-state index < -0.39 is 54.4 Å². The number of nitrogens with one attached hydrogen (secondary N) is 8. The van der Waals surface area contributed by atoms with Gasteiger partial charge in [0.15, 0.2) is 24.4 Å². The number of halogens is 7. The number of phenolic OH excluding ortho intramolecular Hbond substituents is 3. The number of aromatic hydroxyl groups is 3. The highest BCUT2D eigenvalue weighted by molar-refractivity contribution is 6.00. The lowest BCUT2D eigenvalue weighted by Crippen LogP contribution is -2.46. The number of hydrogen-bond acceptors (Lipinski definition) is 21. The largest absolute Gasteiger partial charge is 0.508 e. The van der Waals surface area contributed by atoms with Gasteiger partial charge in [-0.1, -0.05) is 85.1 Å². The average Bonchev–Trinajstić information content (AvgIpc) is 0.821. The predicted molar refractivity (Wildman–Crippen MR) is 503 cm³/mol. The quantitative estimate of drug-likeness (QED) is 0.0243. The minimum atomic E-state index is -3.32. The smallest absolute Gasteiger partial charge is 0.394 e. The molecule has 32 heteroatoms. The number of piperidine rings is 1. The highest BCUT2D eigenvalue weighted by atomic mass is 19.3. The Morgan fingerprint density at radius 2 is 1.01 bits per heavy atom. The van der Waals surface area contributed by atoms with Gasteiger partial charge >= 0.3 is 12.2 Å². The molecule has 25 nitrogen and oxygen atoms in total. The molecule has 6 heterocycles. The average molecular weight is 1830 g/mol. The van der Waals surface area contributed by atoms with E-state index in [0.717, 1.165) is 84.8 Å². The van der Waals surface area contributed by atoms with Gasteiger partial charge in [-0.05, 0) is 175 Å². The van der Waals surface area contributed by atoms with Gasteiger partial charge in [0.2, 0.25) is 0 Å². The van der Waals surface area contributed by atoms with Gasteiger partial charge in [-0.2, -0.15) is 17.6 Å². The van der Waals surface area contributed by atoms with Crippen molar-refractivity contribution in [2.45, 2.75) is 181 Å². The highest BCUT2D eigenvalue weighted by Crippen LogP contribution is 2.46. The number of piperazine rings is 1. The summed E-state index contributed by atoms with van der Waals surface area (Å²) in [7, 11) is 3.57. The van der Waals surface area contributed by atoms with Crippen LogP contribution < -0.4 is 75.9 Å². The number of likely N-dealkylation sites (tertiary alicyclic amines) is 1. The van der Waals surface area contributed by atoms with Crippen LogP contribution in [0, 0.1) is 62.7 Å². The zero-order valence-corrected chi connectivity index (χ0v) is 76.6. The van der Waals surface area contributed by atoms with Crippen molar-refractivity contribution in [2.75, 3.05) is 140 Å². The summed E-state index contributed by atoms with van der Waals surface area (Å²) < 4.78 is 125. The molecule has 1 saturated carbocycles. The molecular weight excluding hydrogens is 1710 g/mol. The Morgan fingerprint density at radius 1 is 0.530 bits per heavy atom. The fourth-order valence-electron chi connectivity index (χ4n) is 15.8. The summed E-state index contributed by atoms with van der Waals surface area (Å²) >= 11 is 0. The minimum absolute atomic E-state index is 0. The number of phenols is 3. The Bertz CT molecular complexity index is 5750. The fourth-order valence-corrected chi connectivity index (χ4v) is 15.8. The summed E-state index contributed by atoms with van der Waals surface area (Å²) in [6.07, 6.45) is -0.139. The first-order chi connectivity index (χ1) is 62.3. The van der Waals surface area contributed by atoms with E-state index in [1.54, 1.807) is 75.3 Å². The topological polar surface area (TPSA) is 294 Å². The molecular formula is C100H119F7N12O13. The summed E-state index contributed by atoms with van der Waals surface area (Å²) in [5, 5.41) is 55.5. The molecule has 8 aromatic carbocycles. The third-order valence-corrected chi connectivity index (χ3v) is 23.0. The van der Waals surface area contributed by atoms with Crippen molar-refractivity contribution >= 4 is 74.8 Å². The molecule has 7 aliphatic rings. The lowest BCUT2D eigenvalue weighted by molar-refractivity contribution is -0.159. The van der Waals surface area contributed by atoms with Gasteiger partial charge in [0, 0.05) is 142 Å². The monoisotopic (exact) mass is 1830 g/mol. The SMILES string of the molecule is C#Cc1ccc2c(c1)NCC(C(=O)Nc1cc(O)c(C3CCCC3)cc1N1CCN(CC)CC1)O2.Cc1cc(C#CN(C)C)c(NC(=O)C2CNc3cc(OC(C)(F)F)ccc3O2)cc1O.Cc1cc2c(cc1F)OC(C(=O)Nc1cc(O)c(C(C)(C)C)cc1C(C)(C)C)CN2.Cc1ccc(NC(=O)C2CNc3cc(OC(C)(F)F)ccc3O2)c(C#CCN2CCC(F)(F)CC2)c1.[HH].[HH]. The van der Waals surface area contributed by atoms with Gasteiger partial charge in [-0.3, -0.25) is 24.1 Å². The number of anilines is 9. The van der Waals surface area contributed by atoms with Crippen LogP contribution >= 0.6 is 0 Å². The second-order valence-electron chi connectivity index (χ2n) is 36.0. The molecule has 132 heavy (non-hydrogen) atoms. The molecule has 6 aliphatic heterocycles. The van der Waals surface area contributed by atoms with Crippen LogP contribution in [0.15, 0.2) is 121 Å². The Morgan fingerprint density at radius 3 is 1.52 bits per heavy atom. The molecule has 706 valence electrons. The van der Waals surface area contributed by atoms with E-state index in [9.17, 15) is 65.2 Å². The van der Waals surface area contributed by atoms with Crippen LogP contribution in [-0.2, 0) is 30.0 Å². The maximum Gasteiger partial charge on any atom is 0.394 e. The van der Waals surface area contributed by atoms with Crippen LogP contribution in [0.3, 0.4) is 0 Å². The third-order valence-electron chi connectivity index (χ3n) is 23.0. The second kappa shape index (κ2) is 41.5. The van der Waals surface area contributed by atoms with E-state index in [0.29, 0.717) is 131 Å². The number of aryl methyl sites for hydroxylation is 3. The van der Waals surface area contributed by atoms with Crippen molar-refractivity contribution in [1.82, 2.24) is 14.7 Å². The van der Waals surface area contributed by atoms with Gasteiger partial charge in [0.05, 0.1) is 83.8 Å². The van der Waals surface area contributed by atoms with Gasteiger partial charge in [0.1, 0.15) is 57.6 Å². The Balaban J connectivity index is 0.000000185. The molecule has 4 amide bonds. The van der Waals surface area contributed by atoms with Crippen molar-refractivity contribution in [1.29, 1.82) is 0 Å². The summed E-state index contributed by atoms with van der Waals surface area (Å²) in [5.74, 6) is 9.53. The molecule has 0 spiro atoms. The van der Waals surface area contributed by atoms with E-state index in [1.165, 1.54) is 61.4 Å². The molecule has 0 bridgehead atoms. The van der Waals surface area contributed by atoms with E-state index in [-0.39, 0.29) is 92.5 Å². The van der Waals surface area contributed by atoms with E-state index in [4.69, 9.17) is 25.4 Å². The van der Waals surface area contributed by atoms with Crippen LogP contribution in [-0.4, -0.2) is 189 Å². The zero-order chi connectivity index (χ0) is 95.5. The number of carbonyl (C=O) groups excluding carboxylic acids is 4. The molecule has 11 N–H and O–H groups in total. The first kappa shape index (κ1) is 97.8. The van der Waals surface area contributed by atoms with Crippen molar-refractivity contribution in [2.24, 2.45) is 0 Å². The Kier molecular flexibility index (Phi) is 30.7. The Labute approximate surface area is 768 Å². The normalized spacial score (nSPS) is 17.8. The number of carbonyl (C=O) groups is 4. The lowest BCUT2D eigenvalue weighted by atomic mass is 9.79. The number of amides is 4. The number of likely N-dealkylation sites (N-methyl/N-ethyl adjacent to an activating group) is 1. The molecule has 8 aromatic rings. The molecule has 1 aliphatic carbocycles. The first-order valence-electron chi connectivity index (χ1n) is 43.9. The second-order valence-corrected chi connectivity index (χ2v) is 36.0. The van der Waals surface area contributed by atoms with Crippen LogP contribution in [0.4, 0.5) is 81.9 Å². The number of terminal acetylenes is 1. The van der Waals surface area contributed by atoms with Crippen molar-refractivity contribution in [3.8, 4) is 87.9 Å². The van der Waals surface area contributed by atoms with Gasteiger partial charge in [-0.15, -0.1) is 6.42 Å². The summed E-state index contributed by atoms with van der Waals surface area (Å²) in [4.78, 5) is 60.2. The summed E-state index contributed by atoms with van der Waals surface area (Å²) in [5.41, 5.74) is 11.6. The van der Waals surface area contributed by atoms with Crippen molar-refractivity contribution in [3.63, 3.8) is 0 Å². The standard InChI is InChI=1S/C28H34N4O3.C26H27F4N3O3.C24H31FN2O3.C22H23F2N3O4.2H2/c1-3-19-9-10-26-23(15-19)29-18-27(35-26)28(34)30-22-17-25(33)21(20-7-5-6-8-20)16-24(22)32-13-11-31(4-2)12-14-32;1-17-5-7-20(18(14-17)4-3-11-33-12-9-26(29,30)10-13-33)32-24(34)23-16-31-21-15-19(36-25(2,27)28)6-8-22(21)35-23;1-13-8-18-20(10-16(13)25)30-21(12-26-18)22(29)27-17-11-19(28)15(24(5,6)7)9-14(17)23(2,3)4;1-13-9-14(7-8-27(3)4)16(11-18(13)28)26-21(29)20-12-25-17-10-15(31-22(2,23)24)5-6-19(17)30-20;;/h1,9-10,15-17,20,27,29,33H,4-8,11-14,18H2,2H3,(H,30,34);5-8,14-15,23,31H,9-13,16H2,1-2H3,(H,32,34);8-11,21,26,28H,12H2,1-7H3,(H,27,29);5-6,9-11,20,25,28H,12H2,1-4H3,(H,26,29);2*1H. The maximum atomic E-state index is 13.9. The molecule has 4 unspecified atom stereocenters. The van der Waals surface area contributed by atoms with Crippen LogP contribution in [0.1, 0.15) is 160 Å². The summed E-state index contributed by atoms with van der Waals surface area (Å²) in [6.45, 7) is 27.6. The Hall–Kier alpha value is -13.3. The number of hydrogen-bond donors (Lipinski definition) is 11. The molecule has 2 saturated heterocycles. The highest BCUT2D eigenvalue weighted by Gasteiger charge is 2.38. The number of alkyl halides is 6. The molecule has 0 radical (unpaired) electrons. The molecule has 0 aromatic heterocycles. The number of nitrogens with zero attached hydrogens (tertiary/aromatic N) is 4. The van der Waals surface area contributed by atoms with E-state index in [1.807, 2.05) is 56.9 Å². The first-order valence-corrected chi connectivity index (χ1v) is 43.9. The lowest BCUT2D eigenvalue weighted by Gasteiger charge is -2.37. The summed E-state index contributed by atoms with van der Waals surface area (Å²) in [6, 6.07) is 35.6. The minimum Gasteiger partial charge on any atom is -0.508 e. The zero-order valence-electron chi connectivity index (χ0n) is 76.6. The van der Waals surface area contributed by atoms with Crippen molar-refractivity contribution in [3.05, 3.63) is 177 Å². The molecule has 15 rings (SSSR count). The van der Waals surface area contributed by atoms with Gasteiger partial charge in [0.25, 0.3) is 29.6 Å². The molecule has 4 atom stereocenters. The van der Waals surface area contributed by atoms with E-state index >= 15 is 0 Å². The number of rotatable bonds is 16. The van der Waals surface area contributed by atoms with Gasteiger partial charge < -0.3 is 101 Å². The number of fused-ring (bicyclic) bond motifs is 4. The van der Waals surface area contributed by atoms with Crippen LogP contribution in [0.5, 0.6) is 51.7 Å². The van der Waals surface area contributed by atoms with Crippen LogP contribution in [0.25, 0.3) is 0 Å². The van der Waals surface area contributed by atoms with Crippen LogP contribution in [0.2, 0.25) is 0 Å². The fraction of sp³-hybridized carbons (Fsp3) is 0.420. The molecule has 3 fully saturated rings. The number of ether oxygens (including phenoxy) is 6. The predicted octanol–water partition coefficient (Wildman–Crippen LogP) is 18.0. The van der Waals surface area contributed by atoms with Crippen molar-refractivity contribution < 1.29 is 96.5 Å². The third kappa shape index (κ3) is 26.1. The number of benzene rings is 8. The van der Waals surface area contributed by atoms with Gasteiger partial charge in [-0.25, -0.2) is 13.2 Å². The van der Waals surface area contributed by atoms with E-state index in [2.05, 4.69) is 125 Å².